The summed E-state index contributed by atoms with van der Waals surface area (Å²) < 4.78 is 7.36. The summed E-state index contributed by atoms with van der Waals surface area (Å²) in [6.45, 7) is 11.9. The van der Waals surface area contributed by atoms with Gasteiger partial charge in [-0.15, -0.1) is 0 Å². The number of carbonyl (C=O) groups excluding carboxylic acids is 1. The van der Waals surface area contributed by atoms with Crippen molar-refractivity contribution in [2.24, 2.45) is 5.41 Å². The van der Waals surface area contributed by atoms with Crippen LogP contribution in [0.15, 0.2) is 24.3 Å². The quantitative estimate of drug-likeness (QED) is 0.778. The molecule has 1 aromatic heterocycles. The standard InChI is InChI=1S/C22H29N3O4/c1-7-29-18-12-22(20(27)28,21(18,5)6)23-19(26)17-11-15(4)25(24-17)16-9-13(2)8-14(3)10-16/h8-11,18H,7,12H2,1-6H3,(H,23,26)(H,27,28). The van der Waals surface area contributed by atoms with E-state index in [0.29, 0.717) is 6.61 Å². The van der Waals surface area contributed by atoms with Crippen LogP contribution in [0, 0.1) is 26.2 Å². The van der Waals surface area contributed by atoms with Crippen molar-refractivity contribution in [3.63, 3.8) is 0 Å². The number of rotatable bonds is 6. The number of benzene rings is 1. The first kappa shape index (κ1) is 21.0. The van der Waals surface area contributed by atoms with Crippen LogP contribution in [-0.4, -0.2) is 45.0 Å². The fourth-order valence-corrected chi connectivity index (χ4v) is 4.21. The first-order valence-corrected chi connectivity index (χ1v) is 9.84. The third-order valence-corrected chi connectivity index (χ3v) is 6.03. The second kappa shape index (κ2) is 7.30. The molecule has 1 heterocycles. The van der Waals surface area contributed by atoms with Crippen molar-refractivity contribution in [2.75, 3.05) is 6.61 Å². The number of nitrogens with one attached hydrogen (secondary N) is 1. The first-order valence-electron chi connectivity index (χ1n) is 9.84. The minimum absolute atomic E-state index is 0.193. The topological polar surface area (TPSA) is 93.5 Å². The number of amides is 1. The van der Waals surface area contributed by atoms with Crippen LogP contribution in [0.2, 0.25) is 0 Å². The molecule has 0 radical (unpaired) electrons. The van der Waals surface area contributed by atoms with E-state index in [-0.39, 0.29) is 18.2 Å². The van der Waals surface area contributed by atoms with Gasteiger partial charge in [-0.05, 0) is 57.0 Å². The maximum absolute atomic E-state index is 12.9. The number of hydrogen-bond acceptors (Lipinski definition) is 4. The molecule has 7 nitrogen and oxygen atoms in total. The van der Waals surface area contributed by atoms with Crippen molar-refractivity contribution in [1.82, 2.24) is 15.1 Å². The molecule has 0 aliphatic heterocycles. The van der Waals surface area contributed by atoms with E-state index in [1.807, 2.05) is 53.7 Å². The molecule has 29 heavy (non-hydrogen) atoms. The van der Waals surface area contributed by atoms with Crippen molar-refractivity contribution in [2.45, 2.75) is 59.6 Å². The second-order valence-corrected chi connectivity index (χ2v) is 8.46. The fraction of sp³-hybridized carbons (Fsp3) is 0.500. The molecule has 1 fully saturated rings. The molecule has 2 aromatic rings. The summed E-state index contributed by atoms with van der Waals surface area (Å²) in [7, 11) is 0. The van der Waals surface area contributed by atoms with Crippen LogP contribution in [0.3, 0.4) is 0 Å². The largest absolute Gasteiger partial charge is 0.479 e. The number of aromatic nitrogens is 2. The summed E-state index contributed by atoms with van der Waals surface area (Å²) in [6.07, 6.45) is 0.00421. The molecule has 1 saturated carbocycles. The highest BCUT2D eigenvalue weighted by Gasteiger charge is 2.66. The lowest BCUT2D eigenvalue weighted by Gasteiger charge is -2.58. The average molecular weight is 399 g/mol. The lowest BCUT2D eigenvalue weighted by Crippen LogP contribution is -2.76. The molecular formula is C22H29N3O4. The molecule has 2 N–H and O–H groups in total. The molecule has 1 aromatic carbocycles. The molecule has 1 amide bonds. The average Bonchev–Trinajstić information content (AvgIpc) is 3.01. The Labute approximate surface area is 171 Å². The van der Waals surface area contributed by atoms with E-state index in [1.54, 1.807) is 10.7 Å². The van der Waals surface area contributed by atoms with Gasteiger partial charge in [-0.2, -0.15) is 5.10 Å². The third-order valence-electron chi connectivity index (χ3n) is 6.03. The van der Waals surface area contributed by atoms with Crippen molar-refractivity contribution in [1.29, 1.82) is 0 Å². The maximum atomic E-state index is 12.9. The van der Waals surface area contributed by atoms with Gasteiger partial charge in [0.25, 0.3) is 5.91 Å². The number of carboxylic acids is 1. The molecule has 2 unspecified atom stereocenters. The van der Waals surface area contributed by atoms with E-state index in [1.165, 1.54) is 0 Å². The maximum Gasteiger partial charge on any atom is 0.330 e. The van der Waals surface area contributed by atoms with E-state index in [4.69, 9.17) is 4.74 Å². The summed E-state index contributed by atoms with van der Waals surface area (Å²) in [5.41, 5.74) is 1.93. The van der Waals surface area contributed by atoms with E-state index in [2.05, 4.69) is 16.5 Å². The summed E-state index contributed by atoms with van der Waals surface area (Å²) in [6, 6.07) is 7.73. The van der Waals surface area contributed by atoms with Gasteiger partial charge in [0, 0.05) is 24.1 Å². The molecule has 1 aliphatic carbocycles. The van der Waals surface area contributed by atoms with Crippen LogP contribution in [-0.2, 0) is 9.53 Å². The molecular weight excluding hydrogens is 370 g/mol. The SMILES string of the molecule is CCOC1CC(NC(=O)c2cc(C)n(-c3cc(C)cc(C)c3)n2)(C(=O)O)C1(C)C. The Bertz CT molecular complexity index is 943. The highest BCUT2D eigenvalue weighted by molar-refractivity contribution is 5.97. The van der Waals surface area contributed by atoms with Gasteiger partial charge in [-0.25, -0.2) is 9.48 Å². The Morgan fingerprint density at radius 2 is 1.83 bits per heavy atom. The van der Waals surface area contributed by atoms with Crippen molar-refractivity contribution < 1.29 is 19.4 Å². The lowest BCUT2D eigenvalue weighted by atomic mass is 9.54. The zero-order valence-corrected chi connectivity index (χ0v) is 17.9. The van der Waals surface area contributed by atoms with Crippen LogP contribution in [0.4, 0.5) is 0 Å². The van der Waals surface area contributed by atoms with Crippen molar-refractivity contribution in [3.8, 4) is 5.69 Å². The smallest absolute Gasteiger partial charge is 0.330 e. The van der Waals surface area contributed by atoms with Crippen LogP contribution in [0.1, 0.15) is 54.5 Å². The van der Waals surface area contributed by atoms with Crippen molar-refractivity contribution >= 4 is 11.9 Å². The summed E-state index contributed by atoms with van der Waals surface area (Å²) in [5, 5.41) is 17.1. The highest BCUT2D eigenvalue weighted by Crippen LogP contribution is 2.51. The van der Waals surface area contributed by atoms with Gasteiger partial charge < -0.3 is 15.2 Å². The molecule has 0 spiro atoms. The normalized spacial score (nSPS) is 22.8. The Kier molecular flexibility index (Phi) is 5.30. The predicted molar refractivity (Wildman–Crippen MR) is 109 cm³/mol. The number of ether oxygens (including phenoxy) is 1. The lowest BCUT2D eigenvalue weighted by molar-refractivity contribution is -0.190. The third kappa shape index (κ3) is 3.44. The first-order chi connectivity index (χ1) is 13.5. The Morgan fingerprint density at radius 1 is 1.21 bits per heavy atom. The van der Waals surface area contributed by atoms with E-state index < -0.39 is 22.8 Å². The molecule has 156 valence electrons. The number of aryl methyl sites for hydroxylation is 3. The number of carboxylic acid groups (broad SMARTS) is 1. The summed E-state index contributed by atoms with van der Waals surface area (Å²) in [5.74, 6) is -1.56. The molecule has 7 heteroatoms. The predicted octanol–water partition coefficient (Wildman–Crippen LogP) is 3.19. The molecule has 0 bridgehead atoms. The van der Waals surface area contributed by atoms with Gasteiger partial charge in [-0.1, -0.05) is 19.9 Å². The molecule has 2 atom stereocenters. The Balaban J connectivity index is 1.89. The Morgan fingerprint density at radius 3 is 2.34 bits per heavy atom. The minimum atomic E-state index is -1.39. The Hall–Kier alpha value is -2.67. The van der Waals surface area contributed by atoms with Crippen LogP contribution < -0.4 is 5.32 Å². The van der Waals surface area contributed by atoms with Crippen LogP contribution in [0.25, 0.3) is 5.69 Å². The summed E-state index contributed by atoms with van der Waals surface area (Å²) in [4.78, 5) is 25.1. The summed E-state index contributed by atoms with van der Waals surface area (Å²) >= 11 is 0. The number of hydrogen-bond donors (Lipinski definition) is 2. The second-order valence-electron chi connectivity index (χ2n) is 8.46. The number of nitrogens with zero attached hydrogens (tertiary/aromatic N) is 2. The zero-order valence-electron chi connectivity index (χ0n) is 17.9. The molecule has 3 rings (SSSR count). The van der Waals surface area contributed by atoms with Crippen LogP contribution >= 0.6 is 0 Å². The van der Waals surface area contributed by atoms with Crippen LogP contribution in [0.5, 0.6) is 0 Å². The van der Waals surface area contributed by atoms with Gasteiger partial charge in [0.05, 0.1) is 11.8 Å². The highest BCUT2D eigenvalue weighted by atomic mass is 16.5. The fourth-order valence-electron chi connectivity index (χ4n) is 4.21. The number of carbonyl (C=O) groups is 2. The zero-order chi connectivity index (χ0) is 21.6. The van der Waals surface area contributed by atoms with E-state index in [0.717, 1.165) is 22.5 Å². The van der Waals surface area contributed by atoms with Gasteiger partial charge in [0.1, 0.15) is 5.54 Å². The minimum Gasteiger partial charge on any atom is -0.479 e. The van der Waals surface area contributed by atoms with Gasteiger partial charge >= 0.3 is 5.97 Å². The van der Waals surface area contributed by atoms with E-state index in [9.17, 15) is 14.7 Å². The molecule has 0 saturated heterocycles. The van der Waals surface area contributed by atoms with Gasteiger partial charge in [0.2, 0.25) is 0 Å². The van der Waals surface area contributed by atoms with Crippen molar-refractivity contribution in [3.05, 3.63) is 46.8 Å². The van der Waals surface area contributed by atoms with Gasteiger partial charge in [-0.3, -0.25) is 4.79 Å². The van der Waals surface area contributed by atoms with E-state index >= 15 is 0 Å². The molecule has 1 aliphatic rings. The van der Waals surface area contributed by atoms with Gasteiger partial charge in [0.15, 0.2) is 5.69 Å². The number of aliphatic carboxylic acids is 1. The monoisotopic (exact) mass is 399 g/mol.